The third kappa shape index (κ3) is 3.36. The molecule has 0 bridgehead atoms. The van der Waals surface area contributed by atoms with Crippen LogP contribution in [0.15, 0.2) is 35.4 Å². The Kier molecular flexibility index (Phi) is 4.37. The van der Waals surface area contributed by atoms with Gasteiger partial charge in [0, 0.05) is 30.1 Å². The molecule has 0 radical (unpaired) electrons. The van der Waals surface area contributed by atoms with Crippen molar-refractivity contribution in [2.75, 3.05) is 6.26 Å². The molecule has 118 valence electrons. The normalized spacial score (nSPS) is 12.9. The number of sulfone groups is 1. The molecule has 0 aliphatic carbocycles. The number of carbonyl (C=O) groups excluding carboxylic acids is 1. The van der Waals surface area contributed by atoms with Crippen molar-refractivity contribution in [1.82, 2.24) is 15.1 Å². The van der Waals surface area contributed by atoms with Gasteiger partial charge in [-0.05, 0) is 38.1 Å². The van der Waals surface area contributed by atoms with Crippen LogP contribution in [-0.4, -0.2) is 30.4 Å². The van der Waals surface area contributed by atoms with E-state index in [4.69, 9.17) is 0 Å². The smallest absolute Gasteiger partial charge is 0.251 e. The number of aryl methyl sites for hydroxylation is 1. The van der Waals surface area contributed by atoms with Crippen LogP contribution in [0.25, 0.3) is 0 Å². The van der Waals surface area contributed by atoms with Gasteiger partial charge >= 0.3 is 0 Å². The molecule has 1 aromatic carbocycles. The van der Waals surface area contributed by atoms with Crippen LogP contribution in [0.1, 0.15) is 34.6 Å². The second-order valence-electron chi connectivity index (χ2n) is 5.30. The Labute approximate surface area is 130 Å². The van der Waals surface area contributed by atoms with Gasteiger partial charge in [-0.15, -0.1) is 0 Å². The molecule has 0 aliphatic heterocycles. The van der Waals surface area contributed by atoms with E-state index in [-0.39, 0.29) is 16.8 Å². The summed E-state index contributed by atoms with van der Waals surface area (Å²) in [5.41, 5.74) is 2.35. The number of aromatic nitrogens is 2. The molecule has 1 aromatic heterocycles. The van der Waals surface area contributed by atoms with Crippen LogP contribution in [0.3, 0.4) is 0 Å². The highest BCUT2D eigenvalue weighted by Gasteiger charge is 2.16. The van der Waals surface area contributed by atoms with E-state index in [9.17, 15) is 13.2 Å². The van der Waals surface area contributed by atoms with Crippen molar-refractivity contribution in [3.63, 3.8) is 0 Å². The van der Waals surface area contributed by atoms with Gasteiger partial charge in [-0.1, -0.05) is 0 Å². The Morgan fingerprint density at radius 1 is 1.27 bits per heavy atom. The lowest BCUT2D eigenvalue weighted by molar-refractivity contribution is 0.0939. The largest absolute Gasteiger partial charge is 0.345 e. The highest BCUT2D eigenvalue weighted by atomic mass is 32.2. The summed E-state index contributed by atoms with van der Waals surface area (Å²) in [6, 6.07) is 5.70. The molecule has 0 aliphatic rings. The van der Waals surface area contributed by atoms with E-state index in [1.165, 1.54) is 24.3 Å². The van der Waals surface area contributed by atoms with E-state index in [0.717, 1.165) is 17.5 Å². The maximum Gasteiger partial charge on any atom is 0.251 e. The minimum absolute atomic E-state index is 0.184. The third-order valence-electron chi connectivity index (χ3n) is 3.63. The Morgan fingerprint density at radius 3 is 2.32 bits per heavy atom. The number of benzene rings is 1. The first-order chi connectivity index (χ1) is 10.2. The second-order valence-corrected chi connectivity index (χ2v) is 7.32. The predicted octanol–water partition coefficient (Wildman–Crippen LogP) is 1.62. The molecule has 0 saturated carbocycles. The number of nitrogens with zero attached hydrogens (tertiary/aromatic N) is 2. The molecule has 7 heteroatoms. The standard InChI is InChI=1S/C15H19N3O3S/c1-10(14-9-16-18(3)11(14)2)17-15(19)12-5-7-13(8-6-12)22(4,20)21/h5-10H,1-4H3,(H,17,19)/t10-/m0/s1. The van der Waals surface area contributed by atoms with Crippen LogP contribution in [0, 0.1) is 6.92 Å². The van der Waals surface area contributed by atoms with Crippen molar-refractivity contribution >= 4 is 15.7 Å². The quantitative estimate of drug-likeness (QED) is 0.928. The minimum atomic E-state index is -3.26. The van der Waals surface area contributed by atoms with Gasteiger partial charge in [-0.25, -0.2) is 8.42 Å². The first-order valence-electron chi connectivity index (χ1n) is 6.79. The summed E-state index contributed by atoms with van der Waals surface area (Å²) < 4.78 is 24.6. The van der Waals surface area contributed by atoms with E-state index in [0.29, 0.717) is 5.56 Å². The Hall–Kier alpha value is -2.15. The van der Waals surface area contributed by atoms with E-state index in [1.54, 1.807) is 10.9 Å². The molecule has 6 nitrogen and oxygen atoms in total. The molecule has 2 rings (SSSR count). The summed E-state index contributed by atoms with van der Waals surface area (Å²) in [5, 5.41) is 7.04. The highest BCUT2D eigenvalue weighted by molar-refractivity contribution is 7.90. The zero-order chi connectivity index (χ0) is 16.5. The zero-order valence-electron chi connectivity index (χ0n) is 13.0. The molecule has 0 saturated heterocycles. The van der Waals surface area contributed by atoms with Gasteiger partial charge in [0.05, 0.1) is 17.1 Å². The molecule has 22 heavy (non-hydrogen) atoms. The number of hydrogen-bond acceptors (Lipinski definition) is 4. The van der Waals surface area contributed by atoms with Crippen LogP contribution >= 0.6 is 0 Å². The Morgan fingerprint density at radius 2 is 1.86 bits per heavy atom. The van der Waals surface area contributed by atoms with Gasteiger partial charge in [-0.3, -0.25) is 9.48 Å². The Balaban J connectivity index is 2.14. The van der Waals surface area contributed by atoms with E-state index in [1.807, 2.05) is 20.9 Å². The maximum atomic E-state index is 12.2. The van der Waals surface area contributed by atoms with Crippen molar-refractivity contribution in [2.45, 2.75) is 24.8 Å². The fourth-order valence-electron chi connectivity index (χ4n) is 2.15. The van der Waals surface area contributed by atoms with E-state index in [2.05, 4.69) is 10.4 Å². The number of rotatable bonds is 4. The van der Waals surface area contributed by atoms with Gasteiger partial charge in [-0.2, -0.15) is 5.10 Å². The first-order valence-corrected chi connectivity index (χ1v) is 8.69. The van der Waals surface area contributed by atoms with Gasteiger partial charge in [0.1, 0.15) is 0 Å². The summed E-state index contributed by atoms with van der Waals surface area (Å²) in [7, 11) is -1.41. The number of amides is 1. The zero-order valence-corrected chi connectivity index (χ0v) is 13.8. The molecule has 2 aromatic rings. The molecule has 1 atom stereocenters. The lowest BCUT2D eigenvalue weighted by Crippen LogP contribution is -2.27. The molecule has 1 amide bonds. The topological polar surface area (TPSA) is 81.1 Å². The summed E-state index contributed by atoms with van der Waals surface area (Å²) in [6.45, 7) is 3.82. The van der Waals surface area contributed by atoms with Crippen LogP contribution in [0.4, 0.5) is 0 Å². The van der Waals surface area contributed by atoms with Crippen LogP contribution < -0.4 is 5.32 Å². The number of hydrogen-bond donors (Lipinski definition) is 1. The lowest BCUT2D eigenvalue weighted by Gasteiger charge is -2.14. The van der Waals surface area contributed by atoms with Crippen molar-refractivity contribution < 1.29 is 13.2 Å². The van der Waals surface area contributed by atoms with Crippen LogP contribution in [0.5, 0.6) is 0 Å². The summed E-state index contributed by atoms with van der Waals surface area (Å²) in [4.78, 5) is 12.4. The molecule has 0 fully saturated rings. The van der Waals surface area contributed by atoms with Crippen molar-refractivity contribution in [2.24, 2.45) is 7.05 Å². The van der Waals surface area contributed by atoms with Crippen molar-refractivity contribution in [3.8, 4) is 0 Å². The highest BCUT2D eigenvalue weighted by Crippen LogP contribution is 2.17. The van der Waals surface area contributed by atoms with Crippen LogP contribution in [-0.2, 0) is 16.9 Å². The molecule has 0 unspecified atom stereocenters. The first kappa shape index (κ1) is 16.2. The van der Waals surface area contributed by atoms with Gasteiger partial charge < -0.3 is 5.32 Å². The summed E-state index contributed by atoms with van der Waals surface area (Å²) in [5.74, 6) is -0.254. The lowest BCUT2D eigenvalue weighted by atomic mass is 10.1. The summed E-state index contributed by atoms with van der Waals surface area (Å²) >= 11 is 0. The molecule has 1 N–H and O–H groups in total. The van der Waals surface area contributed by atoms with Crippen LogP contribution in [0.2, 0.25) is 0 Å². The molecule has 1 heterocycles. The monoisotopic (exact) mass is 321 g/mol. The SMILES string of the molecule is Cc1c([C@H](C)NC(=O)c2ccc(S(C)(=O)=O)cc2)cnn1C. The van der Waals surface area contributed by atoms with Gasteiger partial charge in [0.25, 0.3) is 5.91 Å². The number of carbonyl (C=O) groups is 1. The Bertz CT molecular complexity index is 792. The second kappa shape index (κ2) is 5.92. The molecular formula is C15H19N3O3S. The fourth-order valence-corrected chi connectivity index (χ4v) is 2.78. The average Bonchev–Trinajstić information content (AvgIpc) is 2.78. The van der Waals surface area contributed by atoms with Crippen molar-refractivity contribution in [1.29, 1.82) is 0 Å². The van der Waals surface area contributed by atoms with E-state index < -0.39 is 9.84 Å². The minimum Gasteiger partial charge on any atom is -0.345 e. The van der Waals surface area contributed by atoms with Gasteiger partial charge in [0.15, 0.2) is 9.84 Å². The third-order valence-corrected chi connectivity index (χ3v) is 4.76. The maximum absolute atomic E-state index is 12.2. The number of nitrogens with one attached hydrogen (secondary N) is 1. The molecular weight excluding hydrogens is 302 g/mol. The summed E-state index contributed by atoms with van der Waals surface area (Å²) in [6.07, 6.45) is 2.86. The fraction of sp³-hybridized carbons (Fsp3) is 0.333. The molecule has 0 spiro atoms. The van der Waals surface area contributed by atoms with E-state index >= 15 is 0 Å². The van der Waals surface area contributed by atoms with Gasteiger partial charge in [0.2, 0.25) is 0 Å². The predicted molar refractivity (Wildman–Crippen MR) is 83.4 cm³/mol. The van der Waals surface area contributed by atoms with Crippen molar-refractivity contribution in [3.05, 3.63) is 47.3 Å². The average molecular weight is 321 g/mol.